The summed E-state index contributed by atoms with van der Waals surface area (Å²) in [6.07, 6.45) is 3.71. The van der Waals surface area contributed by atoms with E-state index in [0.717, 1.165) is 26.7 Å². The number of piperidine rings is 1. The Morgan fingerprint density at radius 3 is 2.65 bits per heavy atom. The molecule has 3 aromatic heterocycles. The number of aryl methyl sites for hydroxylation is 1. The molecule has 1 fully saturated rings. The van der Waals surface area contributed by atoms with Gasteiger partial charge in [0.1, 0.15) is 5.82 Å². The number of rotatable bonds is 3. The van der Waals surface area contributed by atoms with Crippen LogP contribution in [0.3, 0.4) is 0 Å². The topological polar surface area (TPSA) is 53.7 Å². The van der Waals surface area contributed by atoms with Crippen LogP contribution < -0.4 is 0 Å². The van der Waals surface area contributed by atoms with E-state index >= 15 is 0 Å². The highest BCUT2D eigenvalue weighted by Gasteiger charge is 2.31. The smallest absolute Gasteiger partial charge is 0.230 e. The third-order valence-corrected chi connectivity index (χ3v) is 6.92. The van der Waals surface area contributed by atoms with Gasteiger partial charge in [0.25, 0.3) is 0 Å². The Morgan fingerprint density at radius 2 is 2.00 bits per heavy atom. The van der Waals surface area contributed by atoms with E-state index in [1.807, 2.05) is 6.92 Å². The lowest BCUT2D eigenvalue weighted by Gasteiger charge is -2.33. The van der Waals surface area contributed by atoms with Gasteiger partial charge in [0, 0.05) is 4.88 Å². The average Bonchev–Trinajstić information content (AvgIpc) is 3.19. The van der Waals surface area contributed by atoms with Gasteiger partial charge in [-0.1, -0.05) is 17.8 Å². The zero-order valence-electron chi connectivity index (χ0n) is 12.7. The Hall–Kier alpha value is -0.960. The largest absolute Gasteiger partial charge is 0.492 e. The summed E-state index contributed by atoms with van der Waals surface area (Å²) in [7, 11) is 0. The molecule has 1 saturated heterocycles. The molecule has 5 nitrogen and oxygen atoms in total. The highest BCUT2D eigenvalue weighted by molar-refractivity contribution is 9.11. The SMILES string of the molecule is Cc1nc2sc(C(c3ccc(Br)s3)N3CCCCC3)c(O)n2n1. The van der Waals surface area contributed by atoms with Gasteiger partial charge < -0.3 is 5.11 Å². The van der Waals surface area contributed by atoms with Crippen molar-refractivity contribution in [3.8, 4) is 5.88 Å². The summed E-state index contributed by atoms with van der Waals surface area (Å²) in [4.78, 5) is 9.82. The molecular formula is C15H17BrN4OS2. The van der Waals surface area contributed by atoms with Crippen LogP contribution in [0.25, 0.3) is 4.96 Å². The summed E-state index contributed by atoms with van der Waals surface area (Å²) in [6, 6.07) is 4.31. The lowest BCUT2D eigenvalue weighted by atomic mass is 10.1. The van der Waals surface area contributed by atoms with Crippen molar-refractivity contribution >= 4 is 43.6 Å². The van der Waals surface area contributed by atoms with Crippen molar-refractivity contribution < 1.29 is 5.11 Å². The molecule has 1 atom stereocenters. The van der Waals surface area contributed by atoms with Crippen LogP contribution in [0.15, 0.2) is 15.9 Å². The predicted molar refractivity (Wildman–Crippen MR) is 96.6 cm³/mol. The molecule has 4 heterocycles. The number of halogens is 1. The second kappa shape index (κ2) is 6.16. The predicted octanol–water partition coefficient (Wildman–Crippen LogP) is 4.20. The molecule has 8 heteroatoms. The number of thiazole rings is 1. The van der Waals surface area contributed by atoms with Crippen LogP contribution in [0.1, 0.15) is 40.9 Å². The van der Waals surface area contributed by atoms with Gasteiger partial charge in [-0.25, -0.2) is 4.98 Å². The first kappa shape index (κ1) is 15.6. The summed E-state index contributed by atoms with van der Waals surface area (Å²) >= 11 is 6.83. The van der Waals surface area contributed by atoms with Crippen molar-refractivity contribution in [3.63, 3.8) is 0 Å². The fourth-order valence-electron chi connectivity index (χ4n) is 3.15. The summed E-state index contributed by atoms with van der Waals surface area (Å²) in [5.74, 6) is 0.914. The molecule has 0 aliphatic carbocycles. The first-order valence-corrected chi connectivity index (χ1v) is 10.1. The lowest BCUT2D eigenvalue weighted by Crippen LogP contribution is -2.33. The number of nitrogens with zero attached hydrogens (tertiary/aromatic N) is 4. The molecular weight excluding hydrogens is 396 g/mol. The van der Waals surface area contributed by atoms with E-state index in [0.29, 0.717) is 5.82 Å². The fourth-order valence-corrected chi connectivity index (χ4v) is 5.95. The van der Waals surface area contributed by atoms with Crippen molar-refractivity contribution in [2.24, 2.45) is 0 Å². The maximum absolute atomic E-state index is 10.7. The average molecular weight is 413 g/mol. The minimum absolute atomic E-state index is 0.0837. The van der Waals surface area contributed by atoms with Gasteiger partial charge in [-0.15, -0.1) is 16.4 Å². The Morgan fingerprint density at radius 1 is 1.22 bits per heavy atom. The van der Waals surface area contributed by atoms with E-state index in [2.05, 4.69) is 43.0 Å². The molecule has 0 spiro atoms. The molecule has 23 heavy (non-hydrogen) atoms. The van der Waals surface area contributed by atoms with Gasteiger partial charge in [0.2, 0.25) is 10.8 Å². The van der Waals surface area contributed by atoms with Crippen LogP contribution in [-0.2, 0) is 0 Å². The molecule has 0 saturated carbocycles. The van der Waals surface area contributed by atoms with Crippen LogP contribution >= 0.6 is 38.6 Å². The maximum atomic E-state index is 10.7. The van der Waals surface area contributed by atoms with Crippen LogP contribution in [-0.4, -0.2) is 37.7 Å². The molecule has 0 amide bonds. The molecule has 1 N–H and O–H groups in total. The standard InChI is InChI=1S/C15H17BrN4OS2/c1-9-17-15-20(18-9)14(21)13(23-15)12(10-5-6-11(16)22-10)19-7-3-2-4-8-19/h5-6,12,21H,2-4,7-8H2,1H3. The van der Waals surface area contributed by atoms with Crippen LogP contribution in [0.4, 0.5) is 0 Å². The second-order valence-corrected chi connectivity index (χ2v) is 9.29. The molecule has 0 bridgehead atoms. The molecule has 1 aliphatic rings. The van der Waals surface area contributed by atoms with Crippen molar-refractivity contribution in [1.29, 1.82) is 0 Å². The fraction of sp³-hybridized carbons (Fsp3) is 0.467. The Balaban J connectivity index is 1.82. The zero-order chi connectivity index (χ0) is 16.0. The lowest BCUT2D eigenvalue weighted by molar-refractivity contribution is 0.188. The minimum Gasteiger partial charge on any atom is -0.492 e. The Kier molecular flexibility index (Phi) is 4.17. The maximum Gasteiger partial charge on any atom is 0.230 e. The molecule has 1 unspecified atom stereocenters. The van der Waals surface area contributed by atoms with Crippen LogP contribution in [0.2, 0.25) is 0 Å². The summed E-state index contributed by atoms with van der Waals surface area (Å²) < 4.78 is 2.68. The monoisotopic (exact) mass is 412 g/mol. The number of hydrogen-bond acceptors (Lipinski definition) is 6. The van der Waals surface area contributed by atoms with Gasteiger partial charge in [-0.2, -0.15) is 4.52 Å². The van der Waals surface area contributed by atoms with E-state index < -0.39 is 0 Å². The van der Waals surface area contributed by atoms with Crippen molar-refractivity contribution in [2.45, 2.75) is 32.2 Å². The molecule has 3 aromatic rings. The van der Waals surface area contributed by atoms with E-state index in [-0.39, 0.29) is 11.9 Å². The van der Waals surface area contributed by atoms with Gasteiger partial charge in [-0.3, -0.25) is 4.90 Å². The third kappa shape index (κ3) is 2.82. The molecule has 122 valence electrons. The van der Waals surface area contributed by atoms with Gasteiger partial charge >= 0.3 is 0 Å². The number of aromatic nitrogens is 3. The van der Waals surface area contributed by atoms with Crippen molar-refractivity contribution in [3.05, 3.63) is 31.5 Å². The van der Waals surface area contributed by atoms with E-state index in [4.69, 9.17) is 0 Å². The molecule has 1 aliphatic heterocycles. The molecule has 0 aromatic carbocycles. The van der Waals surface area contributed by atoms with Crippen LogP contribution in [0, 0.1) is 6.92 Å². The first-order chi connectivity index (χ1) is 11.1. The summed E-state index contributed by atoms with van der Waals surface area (Å²) in [6.45, 7) is 3.97. The zero-order valence-corrected chi connectivity index (χ0v) is 15.9. The van der Waals surface area contributed by atoms with Gasteiger partial charge in [-0.05, 0) is 60.9 Å². The molecule has 0 radical (unpaired) electrons. The number of hydrogen-bond donors (Lipinski definition) is 1. The summed E-state index contributed by atoms with van der Waals surface area (Å²) in [5.41, 5.74) is 0. The number of likely N-dealkylation sites (tertiary alicyclic amines) is 1. The quantitative estimate of drug-likeness (QED) is 0.699. The number of aromatic hydroxyl groups is 1. The van der Waals surface area contributed by atoms with Gasteiger partial charge in [0.15, 0.2) is 0 Å². The second-order valence-electron chi connectivity index (χ2n) is 5.78. The number of fused-ring (bicyclic) bond motifs is 1. The van der Waals surface area contributed by atoms with Crippen LogP contribution in [0.5, 0.6) is 5.88 Å². The Labute approximate surface area is 150 Å². The van der Waals surface area contributed by atoms with E-state index in [1.165, 1.54) is 35.5 Å². The highest BCUT2D eigenvalue weighted by Crippen LogP contribution is 2.43. The van der Waals surface area contributed by atoms with E-state index in [1.54, 1.807) is 15.9 Å². The molecule has 4 rings (SSSR count). The third-order valence-electron chi connectivity index (χ3n) is 4.17. The van der Waals surface area contributed by atoms with Gasteiger partial charge in [0.05, 0.1) is 14.7 Å². The Bertz CT molecular complexity index is 834. The van der Waals surface area contributed by atoms with Crippen molar-refractivity contribution in [1.82, 2.24) is 19.5 Å². The normalized spacial score (nSPS) is 17.8. The minimum atomic E-state index is 0.0837. The van der Waals surface area contributed by atoms with Crippen molar-refractivity contribution in [2.75, 3.05) is 13.1 Å². The highest BCUT2D eigenvalue weighted by atomic mass is 79.9. The summed E-state index contributed by atoms with van der Waals surface area (Å²) in [5, 5.41) is 15.0. The number of thiophene rings is 1. The first-order valence-electron chi connectivity index (χ1n) is 7.68. The van der Waals surface area contributed by atoms with E-state index in [9.17, 15) is 5.11 Å².